The van der Waals surface area contributed by atoms with Gasteiger partial charge in [-0.15, -0.1) is 0 Å². The molecular formula is C18H21NO4S. The summed E-state index contributed by atoms with van der Waals surface area (Å²) >= 11 is 0. The third-order valence-corrected chi connectivity index (χ3v) is 6.16. The van der Waals surface area contributed by atoms with Crippen LogP contribution in [0.5, 0.6) is 5.75 Å². The first-order chi connectivity index (χ1) is 11.5. The number of carbonyl (C=O) groups is 1. The summed E-state index contributed by atoms with van der Waals surface area (Å²) in [5.74, 6) is 0.705. The molecule has 0 bridgehead atoms. The molecule has 0 unspecified atom stereocenters. The lowest BCUT2D eigenvalue weighted by Gasteiger charge is -2.26. The summed E-state index contributed by atoms with van der Waals surface area (Å²) < 4.78 is 29.0. The smallest absolute Gasteiger partial charge is 0.260 e. The number of benzene rings is 2. The van der Waals surface area contributed by atoms with Gasteiger partial charge in [0.25, 0.3) is 5.91 Å². The number of likely N-dealkylation sites (N-methyl/N-ethyl adjacent to an activating group) is 1. The number of hydrogen-bond acceptors (Lipinski definition) is 4. The van der Waals surface area contributed by atoms with Gasteiger partial charge in [-0.1, -0.05) is 36.4 Å². The van der Waals surface area contributed by atoms with E-state index in [1.165, 1.54) is 0 Å². The molecule has 0 aliphatic carbocycles. The summed E-state index contributed by atoms with van der Waals surface area (Å²) in [7, 11) is -3.01. The molecule has 0 aromatic heterocycles. The van der Waals surface area contributed by atoms with E-state index in [9.17, 15) is 13.2 Å². The van der Waals surface area contributed by atoms with Gasteiger partial charge >= 0.3 is 0 Å². The van der Waals surface area contributed by atoms with E-state index >= 15 is 0 Å². The molecule has 1 saturated heterocycles. The first-order valence-electron chi connectivity index (χ1n) is 8.10. The summed E-state index contributed by atoms with van der Waals surface area (Å²) in [5.41, 5.74) is 0. The monoisotopic (exact) mass is 347 g/mol. The lowest BCUT2D eigenvalue weighted by atomic mass is 10.1. The second kappa shape index (κ2) is 6.81. The number of ether oxygens (including phenoxy) is 1. The van der Waals surface area contributed by atoms with Crippen LogP contribution < -0.4 is 4.74 Å². The van der Waals surface area contributed by atoms with Crippen LogP contribution in [0.4, 0.5) is 0 Å². The van der Waals surface area contributed by atoms with Gasteiger partial charge in [-0.05, 0) is 24.8 Å². The average Bonchev–Trinajstić information content (AvgIpc) is 2.93. The predicted octanol–water partition coefficient (Wildman–Crippen LogP) is 2.25. The van der Waals surface area contributed by atoms with Crippen molar-refractivity contribution < 1.29 is 17.9 Å². The highest BCUT2D eigenvalue weighted by molar-refractivity contribution is 7.91. The van der Waals surface area contributed by atoms with E-state index in [-0.39, 0.29) is 30.1 Å². The molecule has 24 heavy (non-hydrogen) atoms. The van der Waals surface area contributed by atoms with Crippen molar-refractivity contribution in [2.45, 2.75) is 19.4 Å². The van der Waals surface area contributed by atoms with Gasteiger partial charge in [0.2, 0.25) is 0 Å². The van der Waals surface area contributed by atoms with Gasteiger partial charge in [0, 0.05) is 18.0 Å². The summed E-state index contributed by atoms with van der Waals surface area (Å²) in [5, 5.41) is 2.01. The molecule has 1 heterocycles. The standard InChI is InChI=1S/C18H21NO4S/c1-2-19(15-10-11-24(21,22)13-15)18(20)12-23-17-9-5-7-14-6-3-4-8-16(14)17/h3-9,15H,2,10-13H2,1H3/t15-/m0/s1. The molecule has 2 aromatic carbocycles. The minimum atomic E-state index is -3.01. The number of carbonyl (C=O) groups excluding carboxylic acids is 1. The molecule has 6 heteroatoms. The normalized spacial score (nSPS) is 19.3. The van der Waals surface area contributed by atoms with Crippen LogP contribution in [0.2, 0.25) is 0 Å². The third-order valence-electron chi connectivity index (χ3n) is 4.41. The summed E-state index contributed by atoms with van der Waals surface area (Å²) in [6.45, 7) is 2.26. The zero-order chi connectivity index (χ0) is 17.2. The molecule has 2 aromatic rings. The molecule has 128 valence electrons. The van der Waals surface area contributed by atoms with E-state index in [4.69, 9.17) is 4.74 Å². The molecule has 1 atom stereocenters. The Bertz CT molecular complexity index is 842. The zero-order valence-corrected chi connectivity index (χ0v) is 14.5. The Morgan fingerprint density at radius 1 is 1.21 bits per heavy atom. The fraction of sp³-hybridized carbons (Fsp3) is 0.389. The maximum absolute atomic E-state index is 12.5. The van der Waals surface area contributed by atoms with Gasteiger partial charge in [-0.25, -0.2) is 8.42 Å². The molecule has 0 N–H and O–H groups in total. The van der Waals surface area contributed by atoms with Crippen LogP contribution in [0.3, 0.4) is 0 Å². The minimum absolute atomic E-state index is 0.0564. The number of rotatable bonds is 5. The Hall–Kier alpha value is -2.08. The van der Waals surface area contributed by atoms with Crippen molar-refractivity contribution in [1.29, 1.82) is 0 Å². The van der Waals surface area contributed by atoms with Crippen LogP contribution in [0.15, 0.2) is 42.5 Å². The van der Waals surface area contributed by atoms with Gasteiger partial charge in [0.15, 0.2) is 16.4 Å². The Morgan fingerprint density at radius 2 is 1.96 bits per heavy atom. The number of fused-ring (bicyclic) bond motifs is 1. The Balaban J connectivity index is 1.70. The molecule has 1 aliphatic rings. The van der Waals surface area contributed by atoms with E-state index in [2.05, 4.69) is 0 Å². The summed E-state index contributed by atoms with van der Waals surface area (Å²) in [4.78, 5) is 14.1. The van der Waals surface area contributed by atoms with E-state index < -0.39 is 9.84 Å². The van der Waals surface area contributed by atoms with Gasteiger partial charge in [-0.2, -0.15) is 0 Å². The minimum Gasteiger partial charge on any atom is -0.483 e. The quantitative estimate of drug-likeness (QED) is 0.832. The lowest BCUT2D eigenvalue weighted by molar-refractivity contribution is -0.135. The Morgan fingerprint density at radius 3 is 2.67 bits per heavy atom. The van der Waals surface area contributed by atoms with Crippen molar-refractivity contribution in [3.05, 3.63) is 42.5 Å². The van der Waals surface area contributed by atoms with E-state index in [0.717, 1.165) is 10.8 Å². The van der Waals surface area contributed by atoms with Crippen LogP contribution in [0, 0.1) is 0 Å². The predicted molar refractivity (Wildman–Crippen MR) is 93.9 cm³/mol. The van der Waals surface area contributed by atoms with Crippen LogP contribution >= 0.6 is 0 Å². The summed E-state index contributed by atoms with van der Waals surface area (Å²) in [6.07, 6.45) is 0.510. The maximum Gasteiger partial charge on any atom is 0.260 e. The van der Waals surface area contributed by atoms with Gasteiger partial charge in [0.05, 0.1) is 11.5 Å². The zero-order valence-electron chi connectivity index (χ0n) is 13.6. The molecule has 0 radical (unpaired) electrons. The van der Waals surface area contributed by atoms with Crippen LogP contribution in [0.25, 0.3) is 10.8 Å². The largest absolute Gasteiger partial charge is 0.483 e. The molecule has 1 fully saturated rings. The average molecular weight is 347 g/mol. The van der Waals surface area contributed by atoms with Gasteiger partial charge in [-0.3, -0.25) is 4.79 Å². The molecule has 1 amide bonds. The van der Waals surface area contributed by atoms with Crippen molar-refractivity contribution in [2.24, 2.45) is 0 Å². The van der Waals surface area contributed by atoms with Crippen molar-refractivity contribution in [2.75, 3.05) is 24.7 Å². The van der Waals surface area contributed by atoms with Crippen molar-refractivity contribution in [3.63, 3.8) is 0 Å². The number of nitrogens with zero attached hydrogens (tertiary/aromatic N) is 1. The fourth-order valence-corrected chi connectivity index (χ4v) is 4.93. The van der Waals surface area contributed by atoms with Crippen molar-refractivity contribution in [1.82, 2.24) is 4.90 Å². The number of hydrogen-bond donors (Lipinski definition) is 0. The Labute approximate surface area is 142 Å². The van der Waals surface area contributed by atoms with Crippen LogP contribution in [0.1, 0.15) is 13.3 Å². The second-order valence-electron chi connectivity index (χ2n) is 6.00. The van der Waals surface area contributed by atoms with Crippen LogP contribution in [-0.4, -0.2) is 49.9 Å². The third kappa shape index (κ3) is 3.53. The number of sulfone groups is 1. The highest BCUT2D eigenvalue weighted by Crippen LogP contribution is 2.25. The first-order valence-corrected chi connectivity index (χ1v) is 9.93. The SMILES string of the molecule is CCN(C(=O)COc1cccc2ccccc12)[C@H]1CCS(=O)(=O)C1. The highest BCUT2D eigenvalue weighted by atomic mass is 32.2. The van der Waals surface area contributed by atoms with E-state index in [1.807, 2.05) is 49.4 Å². The topological polar surface area (TPSA) is 63.7 Å². The molecule has 1 aliphatic heterocycles. The fourth-order valence-electron chi connectivity index (χ4n) is 3.20. The molecule has 0 spiro atoms. The molecule has 5 nitrogen and oxygen atoms in total. The van der Waals surface area contributed by atoms with Gasteiger partial charge < -0.3 is 9.64 Å². The maximum atomic E-state index is 12.5. The second-order valence-corrected chi connectivity index (χ2v) is 8.23. The highest BCUT2D eigenvalue weighted by Gasteiger charge is 2.33. The van der Waals surface area contributed by atoms with Crippen molar-refractivity contribution in [3.8, 4) is 5.75 Å². The summed E-state index contributed by atoms with van der Waals surface area (Å²) in [6, 6.07) is 13.3. The Kier molecular flexibility index (Phi) is 4.76. The molecule has 3 rings (SSSR count). The lowest BCUT2D eigenvalue weighted by Crippen LogP contribution is -2.43. The van der Waals surface area contributed by atoms with Crippen LogP contribution in [-0.2, 0) is 14.6 Å². The molecule has 0 saturated carbocycles. The number of amides is 1. The van der Waals surface area contributed by atoms with E-state index in [0.29, 0.717) is 18.7 Å². The van der Waals surface area contributed by atoms with Crippen molar-refractivity contribution >= 4 is 26.5 Å². The van der Waals surface area contributed by atoms with Gasteiger partial charge in [0.1, 0.15) is 5.75 Å². The van der Waals surface area contributed by atoms with E-state index in [1.54, 1.807) is 4.90 Å². The molecular weight excluding hydrogens is 326 g/mol. The first kappa shape index (κ1) is 16.8.